The zero-order valence-corrected chi connectivity index (χ0v) is 18.0. The molecule has 6 nitrogen and oxygen atoms in total. The first-order valence-corrected chi connectivity index (χ1v) is 11.8. The Labute approximate surface area is 169 Å². The molecule has 1 aromatic rings. The highest BCUT2D eigenvalue weighted by Gasteiger charge is 2.33. The Morgan fingerprint density at radius 1 is 1.07 bits per heavy atom. The first-order valence-electron chi connectivity index (χ1n) is 10.4. The van der Waals surface area contributed by atoms with Gasteiger partial charge in [0, 0.05) is 32.2 Å². The molecule has 1 N–H and O–H groups in total. The predicted molar refractivity (Wildman–Crippen MR) is 111 cm³/mol. The molecule has 1 saturated carbocycles. The van der Waals surface area contributed by atoms with E-state index < -0.39 is 10.0 Å². The molecule has 3 rings (SSSR count). The van der Waals surface area contributed by atoms with Crippen molar-refractivity contribution in [3.8, 4) is 0 Å². The summed E-state index contributed by atoms with van der Waals surface area (Å²) in [7, 11) is -3.47. The van der Waals surface area contributed by atoms with Gasteiger partial charge in [-0.05, 0) is 44.7 Å². The smallest absolute Gasteiger partial charge is 0.243 e. The third-order valence-electron chi connectivity index (χ3n) is 6.30. The van der Waals surface area contributed by atoms with Crippen molar-refractivity contribution in [3.05, 3.63) is 29.8 Å². The molecule has 1 heterocycles. The highest BCUT2D eigenvalue weighted by atomic mass is 32.2. The van der Waals surface area contributed by atoms with Gasteiger partial charge in [-0.1, -0.05) is 37.5 Å². The molecule has 28 heavy (non-hydrogen) atoms. The van der Waals surface area contributed by atoms with Crippen molar-refractivity contribution in [1.82, 2.24) is 14.5 Å². The number of nitrogens with one attached hydrogen (secondary N) is 1. The molecular weight excluding hydrogens is 374 g/mol. The van der Waals surface area contributed by atoms with E-state index in [0.717, 1.165) is 12.0 Å². The minimum absolute atomic E-state index is 0.0635. The zero-order chi connectivity index (χ0) is 20.3. The van der Waals surface area contributed by atoms with E-state index >= 15 is 0 Å². The number of amides is 1. The largest absolute Gasteiger partial charge is 0.352 e. The molecule has 1 amide bonds. The van der Waals surface area contributed by atoms with Crippen LogP contribution in [0.1, 0.15) is 45.1 Å². The van der Waals surface area contributed by atoms with Crippen LogP contribution in [-0.4, -0.2) is 61.8 Å². The van der Waals surface area contributed by atoms with Gasteiger partial charge in [-0.3, -0.25) is 9.69 Å². The fourth-order valence-corrected chi connectivity index (χ4v) is 5.61. The number of piperazine rings is 1. The summed E-state index contributed by atoms with van der Waals surface area (Å²) in [4.78, 5) is 15.1. The minimum atomic E-state index is -3.47. The summed E-state index contributed by atoms with van der Waals surface area (Å²) in [5, 5.41) is 3.23. The van der Waals surface area contributed by atoms with E-state index in [9.17, 15) is 13.2 Å². The standard InChI is InChI=1S/C21H33N3O3S/c1-16-8-10-19(11-9-16)28(26,27)24-14-12-23(13-15-24)18(3)21(25)22-20-7-5-4-6-17(20)2/h8-11,17-18,20H,4-7,12-15H2,1-3H3,(H,22,25)/t17-,18-,20-/m0/s1. The molecule has 3 atom stereocenters. The van der Waals surface area contributed by atoms with Crippen molar-refractivity contribution in [2.24, 2.45) is 5.92 Å². The predicted octanol–water partition coefficient (Wildman–Crippen LogP) is 2.38. The summed E-state index contributed by atoms with van der Waals surface area (Å²) in [6.45, 7) is 8.03. The average molecular weight is 408 g/mol. The molecule has 0 bridgehead atoms. The van der Waals surface area contributed by atoms with Gasteiger partial charge >= 0.3 is 0 Å². The summed E-state index contributed by atoms with van der Waals surface area (Å²) in [5.41, 5.74) is 1.04. The molecule has 0 spiro atoms. The third kappa shape index (κ3) is 4.75. The lowest BCUT2D eigenvalue weighted by Gasteiger charge is -2.38. The van der Waals surface area contributed by atoms with Crippen LogP contribution in [0, 0.1) is 12.8 Å². The van der Waals surface area contributed by atoms with Crippen LogP contribution in [0.3, 0.4) is 0 Å². The number of aryl methyl sites for hydroxylation is 1. The fourth-order valence-electron chi connectivity index (χ4n) is 4.19. The molecule has 1 aliphatic carbocycles. The molecule has 0 radical (unpaired) electrons. The first-order chi connectivity index (χ1) is 13.3. The number of rotatable bonds is 5. The van der Waals surface area contributed by atoms with E-state index in [-0.39, 0.29) is 18.0 Å². The Morgan fingerprint density at radius 2 is 1.68 bits per heavy atom. The fraction of sp³-hybridized carbons (Fsp3) is 0.667. The summed E-state index contributed by atoms with van der Waals surface area (Å²) in [6.07, 6.45) is 4.66. The number of carbonyl (C=O) groups is 1. The van der Waals surface area contributed by atoms with Crippen LogP contribution < -0.4 is 5.32 Å². The Bertz CT molecular complexity index is 771. The van der Waals surface area contributed by atoms with Gasteiger partial charge in [-0.2, -0.15) is 4.31 Å². The Hall–Kier alpha value is -1.44. The van der Waals surface area contributed by atoms with Crippen LogP contribution in [0.15, 0.2) is 29.2 Å². The number of carbonyl (C=O) groups excluding carboxylic acids is 1. The van der Waals surface area contributed by atoms with Crippen molar-refractivity contribution in [2.45, 2.75) is 63.4 Å². The van der Waals surface area contributed by atoms with Crippen molar-refractivity contribution in [3.63, 3.8) is 0 Å². The van der Waals surface area contributed by atoms with Gasteiger partial charge < -0.3 is 5.32 Å². The normalized spacial score (nSPS) is 26.0. The van der Waals surface area contributed by atoms with Crippen molar-refractivity contribution < 1.29 is 13.2 Å². The van der Waals surface area contributed by atoms with Crippen LogP contribution in [0.2, 0.25) is 0 Å². The molecule has 2 aliphatic rings. The Morgan fingerprint density at radius 3 is 2.29 bits per heavy atom. The van der Waals surface area contributed by atoms with E-state index in [1.165, 1.54) is 23.6 Å². The van der Waals surface area contributed by atoms with Gasteiger partial charge in [0.15, 0.2) is 0 Å². The second-order valence-corrected chi connectivity index (χ2v) is 10.2. The summed E-state index contributed by atoms with van der Waals surface area (Å²) in [5.74, 6) is 0.593. The lowest BCUT2D eigenvalue weighted by molar-refractivity contribution is -0.127. The minimum Gasteiger partial charge on any atom is -0.352 e. The highest BCUT2D eigenvalue weighted by molar-refractivity contribution is 7.89. The SMILES string of the molecule is Cc1ccc(S(=O)(=O)N2CCN([C@@H](C)C(=O)N[C@H]3CCCC[C@@H]3C)CC2)cc1. The van der Waals surface area contributed by atoms with E-state index in [4.69, 9.17) is 0 Å². The Balaban J connectivity index is 1.55. The zero-order valence-electron chi connectivity index (χ0n) is 17.2. The van der Waals surface area contributed by atoms with Gasteiger partial charge in [0.25, 0.3) is 0 Å². The lowest BCUT2D eigenvalue weighted by atomic mass is 9.86. The number of hydrogen-bond acceptors (Lipinski definition) is 4. The van der Waals surface area contributed by atoms with E-state index in [0.29, 0.717) is 37.0 Å². The summed E-state index contributed by atoms with van der Waals surface area (Å²) >= 11 is 0. The number of hydrogen-bond donors (Lipinski definition) is 1. The second-order valence-electron chi connectivity index (χ2n) is 8.31. The maximum atomic E-state index is 12.8. The van der Waals surface area contributed by atoms with Crippen molar-refractivity contribution in [2.75, 3.05) is 26.2 Å². The van der Waals surface area contributed by atoms with E-state index in [2.05, 4.69) is 17.1 Å². The maximum Gasteiger partial charge on any atom is 0.243 e. The highest BCUT2D eigenvalue weighted by Crippen LogP contribution is 2.24. The van der Waals surface area contributed by atoms with Crippen LogP contribution in [-0.2, 0) is 14.8 Å². The summed E-state index contributed by atoms with van der Waals surface area (Å²) < 4.78 is 27.2. The van der Waals surface area contributed by atoms with Gasteiger partial charge in [0.2, 0.25) is 15.9 Å². The van der Waals surface area contributed by atoms with E-state index in [1.54, 1.807) is 12.1 Å². The lowest BCUT2D eigenvalue weighted by Crippen LogP contribution is -2.56. The van der Waals surface area contributed by atoms with Gasteiger partial charge in [0.05, 0.1) is 10.9 Å². The van der Waals surface area contributed by atoms with Crippen LogP contribution in [0.5, 0.6) is 0 Å². The van der Waals surface area contributed by atoms with Crippen molar-refractivity contribution in [1.29, 1.82) is 0 Å². The van der Waals surface area contributed by atoms with Gasteiger partial charge in [-0.25, -0.2) is 8.42 Å². The number of sulfonamides is 1. The van der Waals surface area contributed by atoms with Gasteiger partial charge in [-0.15, -0.1) is 0 Å². The monoisotopic (exact) mass is 407 g/mol. The maximum absolute atomic E-state index is 12.8. The Kier molecular flexibility index (Phi) is 6.78. The molecule has 2 fully saturated rings. The topological polar surface area (TPSA) is 69.7 Å². The third-order valence-corrected chi connectivity index (χ3v) is 8.21. The molecule has 0 aromatic heterocycles. The molecule has 0 unspecified atom stereocenters. The molecule has 7 heteroatoms. The van der Waals surface area contributed by atoms with E-state index in [1.807, 2.05) is 26.0 Å². The molecule has 1 saturated heterocycles. The average Bonchev–Trinajstić information content (AvgIpc) is 2.69. The van der Waals surface area contributed by atoms with Gasteiger partial charge in [0.1, 0.15) is 0 Å². The van der Waals surface area contributed by atoms with Crippen molar-refractivity contribution >= 4 is 15.9 Å². The quantitative estimate of drug-likeness (QED) is 0.814. The second kappa shape index (κ2) is 8.93. The van der Waals surface area contributed by atoms with Crippen LogP contribution >= 0.6 is 0 Å². The molecule has 156 valence electrons. The molecular formula is C21H33N3O3S. The number of nitrogens with zero attached hydrogens (tertiary/aromatic N) is 2. The molecule has 1 aromatic carbocycles. The van der Waals surface area contributed by atoms with Crippen LogP contribution in [0.25, 0.3) is 0 Å². The first kappa shape index (κ1) is 21.3. The van der Waals surface area contributed by atoms with Crippen LogP contribution in [0.4, 0.5) is 0 Å². The molecule has 1 aliphatic heterocycles. The summed E-state index contributed by atoms with van der Waals surface area (Å²) in [6, 6.07) is 7.01. The number of benzene rings is 1.